The molecule has 2 heterocycles. The highest BCUT2D eigenvalue weighted by Crippen LogP contribution is 2.45. The minimum Gasteiger partial charge on any atom is -0.508 e. The van der Waals surface area contributed by atoms with Gasteiger partial charge in [-0.05, 0) is 52.2 Å². The number of hydrogen-bond acceptors (Lipinski definition) is 10. The maximum atomic E-state index is 13.5. The Kier molecular flexibility index (Phi) is 7.75. The molecule has 1 aliphatic rings. The van der Waals surface area contributed by atoms with Gasteiger partial charge in [0.25, 0.3) is 5.78 Å². The van der Waals surface area contributed by atoms with E-state index in [1.807, 2.05) is 18.2 Å². The highest BCUT2D eigenvalue weighted by molar-refractivity contribution is 8.00. The van der Waals surface area contributed by atoms with E-state index in [4.69, 9.17) is 9.47 Å². The molecule has 1 aliphatic heterocycles. The second-order valence-electron chi connectivity index (χ2n) is 9.61. The number of methoxy groups -OCH3 is 2. The second-order valence-corrected chi connectivity index (χ2v) is 11.8. The molecule has 1 saturated heterocycles. The summed E-state index contributed by atoms with van der Waals surface area (Å²) in [6.07, 6.45) is 0. The molecule has 11 heteroatoms. The molecule has 4 aromatic carbocycles. The summed E-state index contributed by atoms with van der Waals surface area (Å²) in [6.45, 7) is 0. The minimum absolute atomic E-state index is 0.0576. The first-order valence-electron chi connectivity index (χ1n) is 13.1. The molecule has 216 valence electrons. The number of Topliss-reactive ketones (excluding diaryl/α,β-unsaturated/α-hetero) is 1. The molecule has 0 radical (unpaired) electrons. The molecule has 1 atom stereocenters. The Morgan fingerprint density at radius 1 is 0.930 bits per heavy atom. The number of amides is 1. The van der Waals surface area contributed by atoms with Crippen LogP contribution in [0.1, 0.15) is 22.7 Å². The van der Waals surface area contributed by atoms with Crippen LogP contribution in [-0.2, 0) is 15.3 Å². The number of phenols is 1. The molecule has 0 spiro atoms. The van der Waals surface area contributed by atoms with Gasteiger partial charge in [-0.1, -0.05) is 77.7 Å². The molecule has 1 aromatic heterocycles. The molecule has 0 bridgehead atoms. The molecule has 6 rings (SSSR count). The summed E-state index contributed by atoms with van der Waals surface area (Å²) in [5.41, 5.74) is 1.66. The molecule has 2 N–H and O–H groups in total. The fraction of sp³-hybridized carbons (Fsp3) is 0.125. The lowest BCUT2D eigenvalue weighted by Crippen LogP contribution is -2.29. The molecule has 0 saturated carbocycles. The van der Waals surface area contributed by atoms with Crippen molar-refractivity contribution in [3.05, 3.63) is 107 Å². The van der Waals surface area contributed by atoms with E-state index < -0.39 is 23.5 Å². The Balaban J connectivity index is 1.38. The third kappa shape index (κ3) is 5.28. The summed E-state index contributed by atoms with van der Waals surface area (Å²) in [5, 5.41) is 32.8. The summed E-state index contributed by atoms with van der Waals surface area (Å²) in [7, 11) is 2.94. The van der Waals surface area contributed by atoms with Gasteiger partial charge in [0.05, 0.1) is 25.8 Å². The zero-order valence-corrected chi connectivity index (χ0v) is 24.7. The van der Waals surface area contributed by atoms with Gasteiger partial charge in [-0.25, -0.2) is 0 Å². The average molecular weight is 612 g/mol. The van der Waals surface area contributed by atoms with E-state index >= 15 is 0 Å². The number of ketones is 1. The van der Waals surface area contributed by atoms with Gasteiger partial charge < -0.3 is 19.7 Å². The number of rotatable bonds is 8. The van der Waals surface area contributed by atoms with Crippen LogP contribution < -0.4 is 14.4 Å². The normalized spacial score (nSPS) is 16.1. The van der Waals surface area contributed by atoms with E-state index in [-0.39, 0.29) is 22.0 Å². The third-order valence-corrected chi connectivity index (χ3v) is 9.22. The molecule has 5 aromatic rings. The topological polar surface area (TPSA) is 122 Å². The van der Waals surface area contributed by atoms with Crippen LogP contribution in [-0.4, -0.2) is 46.3 Å². The van der Waals surface area contributed by atoms with Gasteiger partial charge in [0.15, 0.2) is 15.8 Å². The Morgan fingerprint density at radius 3 is 2.49 bits per heavy atom. The number of anilines is 1. The van der Waals surface area contributed by atoms with Gasteiger partial charge in [-0.3, -0.25) is 14.5 Å². The number of phenolic OH excluding ortho intramolecular Hbond substituents is 1. The van der Waals surface area contributed by atoms with Crippen molar-refractivity contribution in [3.63, 3.8) is 0 Å². The van der Waals surface area contributed by atoms with Crippen molar-refractivity contribution in [2.24, 2.45) is 0 Å². The maximum Gasteiger partial charge on any atom is 0.301 e. The van der Waals surface area contributed by atoms with Crippen LogP contribution in [0.5, 0.6) is 17.2 Å². The number of thioether (sulfide) groups is 1. The minimum atomic E-state index is -1.07. The predicted octanol–water partition coefficient (Wildman–Crippen LogP) is 6.33. The number of aromatic nitrogens is 2. The van der Waals surface area contributed by atoms with Gasteiger partial charge in [0.2, 0.25) is 5.13 Å². The number of hydrogen-bond donors (Lipinski definition) is 2. The highest BCUT2D eigenvalue weighted by atomic mass is 32.2. The number of fused-ring (bicyclic) bond motifs is 1. The van der Waals surface area contributed by atoms with Crippen LogP contribution in [0.3, 0.4) is 0 Å². The average Bonchev–Trinajstić information content (AvgIpc) is 3.60. The molecular weight excluding hydrogens is 587 g/mol. The number of nitrogens with zero attached hydrogens (tertiary/aromatic N) is 3. The fourth-order valence-corrected chi connectivity index (χ4v) is 6.97. The first-order chi connectivity index (χ1) is 20.9. The molecule has 0 unspecified atom stereocenters. The molecule has 9 nitrogen and oxygen atoms in total. The molecular formula is C32H25N3O6S2. The van der Waals surface area contributed by atoms with E-state index in [2.05, 4.69) is 34.5 Å². The van der Waals surface area contributed by atoms with Crippen LogP contribution in [0.25, 0.3) is 16.5 Å². The first kappa shape index (κ1) is 28.3. The fourth-order valence-electron chi connectivity index (χ4n) is 5.10. The number of carbonyl (C=O) groups excluding carboxylic acids is 2. The lowest BCUT2D eigenvalue weighted by Gasteiger charge is -2.22. The second kappa shape index (κ2) is 11.8. The van der Waals surface area contributed by atoms with Crippen molar-refractivity contribution < 1.29 is 29.3 Å². The zero-order chi connectivity index (χ0) is 30.1. The van der Waals surface area contributed by atoms with Crippen molar-refractivity contribution in [1.82, 2.24) is 10.2 Å². The molecule has 0 aliphatic carbocycles. The standard InChI is InChI=1S/C32H25N3O6S2/c1-40-24-14-13-20(16-25(24)41-2)28(37)26-27(19-9-6-11-22(36)15-19)35(30(39)29(26)38)31-33-34-32(43-31)42-17-21-10-5-8-18-7-3-4-12-23(18)21/h3-16,27,36-37H,17H2,1-2H3/t27-/m1/s1. The van der Waals surface area contributed by atoms with Gasteiger partial charge in [-0.15, -0.1) is 10.2 Å². The summed E-state index contributed by atoms with van der Waals surface area (Å²) >= 11 is 2.65. The molecule has 1 fully saturated rings. The summed E-state index contributed by atoms with van der Waals surface area (Å²) in [5.74, 6) is -0.802. The Hall–Kier alpha value is -4.87. The first-order valence-corrected chi connectivity index (χ1v) is 14.9. The van der Waals surface area contributed by atoms with Crippen LogP contribution in [0.4, 0.5) is 5.13 Å². The molecule has 43 heavy (non-hydrogen) atoms. The summed E-state index contributed by atoms with van der Waals surface area (Å²) < 4.78 is 11.3. The van der Waals surface area contributed by atoms with Crippen molar-refractivity contribution in [2.45, 2.75) is 16.1 Å². The Morgan fingerprint density at radius 2 is 1.70 bits per heavy atom. The number of aromatic hydroxyl groups is 1. The Labute approximate surface area is 255 Å². The van der Waals surface area contributed by atoms with Crippen LogP contribution in [0.15, 0.2) is 94.8 Å². The van der Waals surface area contributed by atoms with Crippen molar-refractivity contribution >= 4 is 56.5 Å². The Bertz CT molecular complexity index is 1900. The van der Waals surface area contributed by atoms with E-state index in [0.717, 1.165) is 16.3 Å². The number of aliphatic hydroxyl groups excluding tert-OH is 1. The van der Waals surface area contributed by atoms with Crippen LogP contribution in [0, 0.1) is 0 Å². The smallest absolute Gasteiger partial charge is 0.301 e. The van der Waals surface area contributed by atoms with Gasteiger partial charge in [0, 0.05) is 11.3 Å². The van der Waals surface area contributed by atoms with E-state index in [0.29, 0.717) is 27.2 Å². The molecule has 1 amide bonds. The van der Waals surface area contributed by atoms with Gasteiger partial charge in [-0.2, -0.15) is 0 Å². The van der Waals surface area contributed by atoms with Gasteiger partial charge >= 0.3 is 5.91 Å². The van der Waals surface area contributed by atoms with Crippen LogP contribution in [0.2, 0.25) is 0 Å². The third-order valence-electron chi connectivity index (χ3n) is 7.12. The lowest BCUT2D eigenvalue weighted by atomic mass is 9.95. The SMILES string of the molecule is COc1ccc(C(O)=C2C(=O)C(=O)N(c3nnc(SCc4cccc5ccccc45)s3)[C@@H]2c2cccc(O)c2)cc1OC. The monoisotopic (exact) mass is 611 g/mol. The van der Waals surface area contributed by atoms with Crippen molar-refractivity contribution in [2.75, 3.05) is 19.1 Å². The maximum absolute atomic E-state index is 13.5. The summed E-state index contributed by atoms with van der Waals surface area (Å²) in [4.78, 5) is 28.3. The highest BCUT2D eigenvalue weighted by Gasteiger charge is 2.48. The van der Waals surface area contributed by atoms with E-state index in [1.54, 1.807) is 24.3 Å². The van der Waals surface area contributed by atoms with Crippen molar-refractivity contribution in [3.8, 4) is 17.2 Å². The predicted molar refractivity (Wildman–Crippen MR) is 166 cm³/mol. The number of carbonyl (C=O) groups is 2. The summed E-state index contributed by atoms with van der Waals surface area (Å²) in [6, 6.07) is 24.1. The number of aliphatic hydroxyl groups is 1. The number of ether oxygens (including phenoxy) is 2. The largest absolute Gasteiger partial charge is 0.508 e. The quantitative estimate of drug-likeness (QED) is 0.0681. The van der Waals surface area contributed by atoms with Crippen LogP contribution >= 0.6 is 23.1 Å². The zero-order valence-electron chi connectivity index (χ0n) is 23.1. The van der Waals surface area contributed by atoms with E-state index in [9.17, 15) is 19.8 Å². The number of benzene rings is 4. The van der Waals surface area contributed by atoms with E-state index in [1.165, 1.54) is 60.4 Å². The lowest BCUT2D eigenvalue weighted by molar-refractivity contribution is -0.132. The van der Waals surface area contributed by atoms with Crippen molar-refractivity contribution in [1.29, 1.82) is 0 Å². The van der Waals surface area contributed by atoms with Gasteiger partial charge in [0.1, 0.15) is 11.5 Å².